The molecule has 9 nitrogen and oxygen atoms in total. The van der Waals surface area contributed by atoms with Crippen LogP contribution in [0.3, 0.4) is 0 Å². The van der Waals surface area contributed by atoms with Crippen molar-refractivity contribution in [3.05, 3.63) is 83.4 Å². The summed E-state index contributed by atoms with van der Waals surface area (Å²) in [5.41, 5.74) is 0.811. The van der Waals surface area contributed by atoms with E-state index in [9.17, 15) is 23.2 Å². The summed E-state index contributed by atoms with van der Waals surface area (Å²) >= 11 is 7.04. The quantitative estimate of drug-likeness (QED) is 0.356. The predicted octanol–water partition coefficient (Wildman–Crippen LogP) is 5.11. The predicted molar refractivity (Wildman–Crippen MR) is 145 cm³/mol. The Labute approximate surface area is 231 Å². The molecule has 4 rings (SSSR count). The summed E-state index contributed by atoms with van der Waals surface area (Å²) in [6.45, 7) is -3.22. The van der Waals surface area contributed by atoms with Crippen LogP contribution in [0, 0.1) is 0 Å². The number of rotatable bonds is 9. The van der Waals surface area contributed by atoms with Crippen LogP contribution in [0.1, 0.15) is 5.76 Å². The highest BCUT2D eigenvalue weighted by Gasteiger charge is 2.33. The first-order chi connectivity index (χ1) is 18.7. The highest BCUT2D eigenvalue weighted by Crippen LogP contribution is 2.31. The fraction of sp³-hybridized carbons (Fsp3) is 0.154. The number of halogens is 3. The van der Waals surface area contributed by atoms with E-state index in [1.54, 1.807) is 36.4 Å². The van der Waals surface area contributed by atoms with Crippen LogP contribution in [0.4, 0.5) is 20.2 Å². The van der Waals surface area contributed by atoms with Crippen molar-refractivity contribution in [2.24, 2.45) is 4.99 Å². The Morgan fingerprint density at radius 3 is 2.59 bits per heavy atom. The van der Waals surface area contributed by atoms with Crippen LogP contribution in [0.2, 0.25) is 5.02 Å². The maximum Gasteiger partial charge on any atom is 0.387 e. The molecule has 1 aliphatic heterocycles. The molecule has 2 heterocycles. The van der Waals surface area contributed by atoms with E-state index in [1.807, 2.05) is 0 Å². The number of hydrogen-bond acceptors (Lipinski definition) is 7. The molecule has 202 valence electrons. The molecule has 0 saturated carbocycles. The highest BCUT2D eigenvalue weighted by atomic mass is 35.5. The van der Waals surface area contributed by atoms with Gasteiger partial charge in [-0.05, 0) is 48.5 Å². The molecule has 1 N–H and O–H groups in total. The molecule has 2 aromatic carbocycles. The van der Waals surface area contributed by atoms with Crippen LogP contribution in [0.15, 0.2) is 82.0 Å². The molecule has 0 radical (unpaired) electrons. The van der Waals surface area contributed by atoms with Gasteiger partial charge in [0.1, 0.15) is 17.2 Å². The van der Waals surface area contributed by atoms with Crippen molar-refractivity contribution in [1.82, 2.24) is 4.90 Å². The molecule has 1 aliphatic rings. The van der Waals surface area contributed by atoms with Crippen LogP contribution >= 0.6 is 23.4 Å². The molecule has 39 heavy (non-hydrogen) atoms. The number of nitrogens with zero attached hydrogens (tertiary/aromatic N) is 3. The van der Waals surface area contributed by atoms with Gasteiger partial charge in [-0.2, -0.15) is 8.78 Å². The first kappa shape index (κ1) is 27.9. The van der Waals surface area contributed by atoms with E-state index in [1.165, 1.54) is 53.5 Å². The van der Waals surface area contributed by atoms with E-state index in [0.29, 0.717) is 22.2 Å². The summed E-state index contributed by atoms with van der Waals surface area (Å²) in [6.07, 6.45) is 2.89. The number of likely N-dealkylation sites (N-methyl/N-ethyl adjacent to an activating group) is 1. The zero-order chi connectivity index (χ0) is 27.9. The number of anilines is 2. The van der Waals surface area contributed by atoms with Gasteiger partial charge in [-0.15, -0.1) is 0 Å². The first-order valence-corrected chi connectivity index (χ1v) is 12.7. The number of furan rings is 1. The van der Waals surface area contributed by atoms with Crippen molar-refractivity contribution < 1.29 is 32.3 Å². The molecule has 0 spiro atoms. The minimum absolute atomic E-state index is 0.0558. The molecule has 3 amide bonds. The van der Waals surface area contributed by atoms with Gasteiger partial charge in [-0.3, -0.25) is 19.3 Å². The van der Waals surface area contributed by atoms with Gasteiger partial charge in [-0.1, -0.05) is 35.5 Å². The number of alkyl halides is 2. The van der Waals surface area contributed by atoms with E-state index in [2.05, 4.69) is 15.0 Å². The van der Waals surface area contributed by atoms with Crippen LogP contribution in [0.25, 0.3) is 6.08 Å². The third-order valence-corrected chi connectivity index (χ3v) is 6.50. The lowest BCUT2D eigenvalue weighted by Gasteiger charge is -2.20. The highest BCUT2D eigenvalue weighted by molar-refractivity contribution is 8.14. The van der Waals surface area contributed by atoms with Gasteiger partial charge in [0.15, 0.2) is 5.17 Å². The van der Waals surface area contributed by atoms with E-state index in [4.69, 9.17) is 16.0 Å². The SMILES string of the molecule is CN(CC(=O)Nc1ccccc1Cl)C(=O)CSC1=N/C(=C\c2ccco2)C(=O)N1c1ccc(OC(F)F)cc1. The summed E-state index contributed by atoms with van der Waals surface area (Å²) < 4.78 is 34.7. The summed E-state index contributed by atoms with van der Waals surface area (Å²) in [6, 6.07) is 15.5. The van der Waals surface area contributed by atoms with E-state index in [0.717, 1.165) is 11.8 Å². The van der Waals surface area contributed by atoms with Crippen LogP contribution in [0.5, 0.6) is 5.75 Å². The van der Waals surface area contributed by atoms with Crippen molar-refractivity contribution >= 4 is 63.7 Å². The van der Waals surface area contributed by atoms with Crippen molar-refractivity contribution in [3.63, 3.8) is 0 Å². The Kier molecular flexibility index (Phi) is 8.99. The van der Waals surface area contributed by atoms with Crippen molar-refractivity contribution in [2.45, 2.75) is 6.61 Å². The summed E-state index contributed by atoms with van der Waals surface area (Å²) in [4.78, 5) is 45.2. The Morgan fingerprint density at radius 2 is 1.92 bits per heavy atom. The van der Waals surface area contributed by atoms with E-state index < -0.39 is 24.3 Å². The Bertz CT molecular complexity index is 1410. The average molecular weight is 575 g/mol. The number of amidine groups is 1. The molecule has 0 fully saturated rings. The largest absolute Gasteiger partial charge is 0.465 e. The topological polar surface area (TPSA) is 104 Å². The molecule has 3 aromatic rings. The number of amides is 3. The number of nitrogens with one attached hydrogen (secondary N) is 1. The Morgan fingerprint density at radius 1 is 1.18 bits per heavy atom. The minimum Gasteiger partial charge on any atom is -0.465 e. The van der Waals surface area contributed by atoms with Gasteiger partial charge in [0, 0.05) is 13.1 Å². The summed E-state index contributed by atoms with van der Waals surface area (Å²) in [7, 11) is 1.47. The smallest absolute Gasteiger partial charge is 0.387 e. The summed E-state index contributed by atoms with van der Waals surface area (Å²) in [5.74, 6) is -1.16. The number of para-hydroxylation sites is 1. The van der Waals surface area contributed by atoms with Gasteiger partial charge in [0.2, 0.25) is 11.8 Å². The van der Waals surface area contributed by atoms with Crippen molar-refractivity contribution in [1.29, 1.82) is 0 Å². The molecule has 0 atom stereocenters. The van der Waals surface area contributed by atoms with Gasteiger partial charge >= 0.3 is 6.61 Å². The third kappa shape index (κ3) is 7.24. The second-order valence-corrected chi connectivity index (χ2v) is 9.37. The normalized spacial score (nSPS) is 14.1. The number of thioether (sulfide) groups is 1. The zero-order valence-corrected chi connectivity index (χ0v) is 21.9. The molecule has 0 saturated heterocycles. The maximum atomic E-state index is 13.2. The van der Waals surface area contributed by atoms with Gasteiger partial charge in [0.05, 0.1) is 35.0 Å². The molecule has 1 aromatic heterocycles. The zero-order valence-electron chi connectivity index (χ0n) is 20.3. The van der Waals surface area contributed by atoms with Crippen LogP contribution < -0.4 is 15.0 Å². The van der Waals surface area contributed by atoms with E-state index in [-0.39, 0.29) is 28.9 Å². The number of aliphatic imine (C=N–C) groups is 1. The molecular formula is C26H21ClF2N4O5S. The van der Waals surface area contributed by atoms with Crippen molar-refractivity contribution in [3.8, 4) is 5.75 Å². The standard InChI is InChI=1S/C26H21ClF2N4O5S/c1-32(14-22(34)30-20-7-3-2-6-19(20)27)23(35)15-39-26-31-21(13-18-5-4-12-37-18)24(36)33(26)16-8-10-17(11-9-16)38-25(28)29/h2-13,25H,14-15H2,1H3,(H,30,34)/b21-13-. The van der Waals surface area contributed by atoms with E-state index >= 15 is 0 Å². The maximum absolute atomic E-state index is 13.2. The van der Waals surface area contributed by atoms with Gasteiger partial charge in [0.25, 0.3) is 5.91 Å². The number of benzene rings is 2. The Hall–Kier alpha value is -4.16. The Balaban J connectivity index is 1.46. The summed E-state index contributed by atoms with van der Waals surface area (Å²) in [5, 5.41) is 3.20. The first-order valence-electron chi connectivity index (χ1n) is 11.4. The fourth-order valence-electron chi connectivity index (χ4n) is 3.40. The van der Waals surface area contributed by atoms with Gasteiger partial charge in [-0.25, -0.2) is 4.99 Å². The average Bonchev–Trinajstić information content (AvgIpc) is 3.52. The lowest BCUT2D eigenvalue weighted by Crippen LogP contribution is -2.37. The minimum atomic E-state index is -2.99. The second-order valence-electron chi connectivity index (χ2n) is 8.02. The van der Waals surface area contributed by atoms with Crippen LogP contribution in [-0.2, 0) is 14.4 Å². The number of carbonyl (C=O) groups excluding carboxylic acids is 3. The molecule has 0 aliphatic carbocycles. The number of hydrogen-bond donors (Lipinski definition) is 1. The van der Waals surface area contributed by atoms with Gasteiger partial charge < -0.3 is 19.4 Å². The molecule has 0 bridgehead atoms. The lowest BCUT2D eigenvalue weighted by molar-refractivity contribution is -0.131. The third-order valence-electron chi connectivity index (χ3n) is 5.25. The molecular weight excluding hydrogens is 554 g/mol. The van der Waals surface area contributed by atoms with Crippen LogP contribution in [-0.4, -0.2) is 53.7 Å². The molecule has 13 heteroatoms. The molecule has 0 unspecified atom stereocenters. The van der Waals surface area contributed by atoms with Crippen molar-refractivity contribution in [2.75, 3.05) is 29.6 Å². The fourth-order valence-corrected chi connectivity index (χ4v) is 4.53. The monoisotopic (exact) mass is 574 g/mol. The number of ether oxygens (including phenoxy) is 1. The second kappa shape index (κ2) is 12.6. The number of carbonyl (C=O) groups is 3. The lowest BCUT2D eigenvalue weighted by atomic mass is 10.2.